The monoisotopic (exact) mass is 353 g/mol. The van der Waals surface area contributed by atoms with Crippen molar-refractivity contribution < 1.29 is 4.42 Å². The van der Waals surface area contributed by atoms with E-state index in [2.05, 4.69) is 0 Å². The average Bonchev–Trinajstić information content (AvgIpc) is 2.72. The Bertz CT molecular complexity index is 1430. The molecule has 5 rings (SSSR count). The van der Waals surface area contributed by atoms with Gasteiger partial charge in [-0.05, 0) is 23.8 Å². The number of benzene rings is 3. The van der Waals surface area contributed by atoms with Crippen LogP contribution in [0, 0.1) is 0 Å². The van der Waals surface area contributed by atoms with Crippen LogP contribution in [0.5, 0.6) is 0 Å². The second-order valence-electron chi connectivity index (χ2n) is 6.53. The quantitative estimate of drug-likeness (QED) is 0.444. The van der Waals surface area contributed by atoms with Gasteiger partial charge in [0.2, 0.25) is 0 Å². The molecule has 0 aliphatic rings. The molecule has 0 saturated heterocycles. The first-order chi connectivity index (χ1) is 13.2. The number of nitrogens with zero attached hydrogens (tertiary/aromatic N) is 1. The molecule has 27 heavy (non-hydrogen) atoms. The molecule has 0 saturated carbocycles. The van der Waals surface area contributed by atoms with Crippen LogP contribution < -0.4 is 11.2 Å². The zero-order valence-electron chi connectivity index (χ0n) is 14.4. The zero-order chi connectivity index (χ0) is 18.4. The number of pyridine rings is 1. The van der Waals surface area contributed by atoms with Crippen molar-refractivity contribution in [3.8, 4) is 0 Å². The van der Waals surface area contributed by atoms with E-state index in [-0.39, 0.29) is 5.56 Å². The maximum atomic E-state index is 13.5. The SMILES string of the molecule is O=c1oc2c3ccccc3n(Cc3ccccc3)c(=O)c2c2ccccc12. The Kier molecular flexibility index (Phi) is 3.44. The molecular weight excluding hydrogens is 338 g/mol. The Balaban J connectivity index is 1.99. The molecule has 3 aromatic carbocycles. The van der Waals surface area contributed by atoms with Crippen LogP contribution in [0.15, 0.2) is 92.9 Å². The Hall–Kier alpha value is -3.66. The summed E-state index contributed by atoms with van der Waals surface area (Å²) in [5.74, 6) is 0. The second-order valence-corrected chi connectivity index (χ2v) is 6.53. The Morgan fingerprint density at radius 3 is 2.11 bits per heavy atom. The third-order valence-electron chi connectivity index (χ3n) is 4.92. The highest BCUT2D eigenvalue weighted by atomic mass is 16.4. The lowest BCUT2D eigenvalue weighted by Gasteiger charge is -2.13. The summed E-state index contributed by atoms with van der Waals surface area (Å²) in [5, 5.41) is 2.25. The van der Waals surface area contributed by atoms with E-state index >= 15 is 0 Å². The van der Waals surface area contributed by atoms with Gasteiger partial charge in [-0.1, -0.05) is 60.7 Å². The van der Waals surface area contributed by atoms with Crippen molar-refractivity contribution in [1.29, 1.82) is 0 Å². The summed E-state index contributed by atoms with van der Waals surface area (Å²) >= 11 is 0. The highest BCUT2D eigenvalue weighted by molar-refractivity contribution is 6.12. The van der Waals surface area contributed by atoms with E-state index in [4.69, 9.17) is 4.42 Å². The van der Waals surface area contributed by atoms with E-state index < -0.39 is 5.63 Å². The van der Waals surface area contributed by atoms with Crippen molar-refractivity contribution in [1.82, 2.24) is 4.57 Å². The minimum atomic E-state index is -0.427. The molecular formula is C23H15NO3. The average molecular weight is 353 g/mol. The predicted molar refractivity (Wildman–Crippen MR) is 107 cm³/mol. The van der Waals surface area contributed by atoms with Gasteiger partial charge in [0, 0.05) is 10.8 Å². The van der Waals surface area contributed by atoms with E-state index in [1.165, 1.54) is 0 Å². The normalized spacial score (nSPS) is 11.4. The van der Waals surface area contributed by atoms with Gasteiger partial charge in [-0.15, -0.1) is 0 Å². The minimum Gasteiger partial charge on any atom is -0.421 e. The van der Waals surface area contributed by atoms with Gasteiger partial charge >= 0.3 is 5.63 Å². The topological polar surface area (TPSA) is 52.2 Å². The lowest BCUT2D eigenvalue weighted by molar-refractivity contribution is 0.571. The van der Waals surface area contributed by atoms with Gasteiger partial charge < -0.3 is 8.98 Å². The molecule has 4 nitrogen and oxygen atoms in total. The maximum absolute atomic E-state index is 13.5. The number of fused-ring (bicyclic) bond motifs is 5. The third-order valence-corrected chi connectivity index (χ3v) is 4.92. The molecule has 0 radical (unpaired) electrons. The summed E-state index contributed by atoms with van der Waals surface area (Å²) in [6, 6.07) is 24.5. The minimum absolute atomic E-state index is 0.160. The highest BCUT2D eigenvalue weighted by Crippen LogP contribution is 2.27. The number of para-hydroxylation sites is 1. The van der Waals surface area contributed by atoms with E-state index in [1.54, 1.807) is 22.8 Å². The summed E-state index contributed by atoms with van der Waals surface area (Å²) in [4.78, 5) is 25.9. The van der Waals surface area contributed by atoms with E-state index in [9.17, 15) is 9.59 Å². The van der Waals surface area contributed by atoms with Crippen LogP contribution in [0.3, 0.4) is 0 Å². The van der Waals surface area contributed by atoms with Crippen LogP contribution in [0.2, 0.25) is 0 Å². The van der Waals surface area contributed by atoms with Gasteiger partial charge in [-0.25, -0.2) is 4.79 Å². The maximum Gasteiger partial charge on any atom is 0.344 e. The standard InChI is InChI=1S/C23H15NO3/c25-22-20-16-10-4-5-11-17(16)23(26)27-21(20)18-12-6-7-13-19(18)24(22)14-15-8-2-1-3-9-15/h1-13H,14H2. The van der Waals surface area contributed by atoms with Crippen LogP contribution in [-0.2, 0) is 6.54 Å². The van der Waals surface area contributed by atoms with E-state index in [0.717, 1.165) is 16.5 Å². The van der Waals surface area contributed by atoms with Gasteiger partial charge in [0.25, 0.3) is 5.56 Å². The first-order valence-corrected chi connectivity index (χ1v) is 8.75. The van der Waals surface area contributed by atoms with Crippen LogP contribution in [0.1, 0.15) is 5.56 Å². The third kappa shape index (κ3) is 2.38. The highest BCUT2D eigenvalue weighted by Gasteiger charge is 2.17. The Morgan fingerprint density at radius 1 is 0.704 bits per heavy atom. The zero-order valence-corrected chi connectivity index (χ0v) is 14.4. The summed E-state index contributed by atoms with van der Waals surface area (Å²) in [6.45, 7) is 0.448. The number of aromatic nitrogens is 1. The van der Waals surface area contributed by atoms with Gasteiger partial charge in [0.15, 0.2) is 5.58 Å². The van der Waals surface area contributed by atoms with Crippen molar-refractivity contribution in [2.24, 2.45) is 0 Å². The van der Waals surface area contributed by atoms with Crippen molar-refractivity contribution >= 4 is 32.6 Å². The van der Waals surface area contributed by atoms with Gasteiger partial charge in [0.05, 0.1) is 22.8 Å². The van der Waals surface area contributed by atoms with Crippen molar-refractivity contribution in [2.45, 2.75) is 6.54 Å². The van der Waals surface area contributed by atoms with E-state index in [0.29, 0.717) is 28.3 Å². The molecule has 0 unspecified atom stereocenters. The van der Waals surface area contributed by atoms with Crippen molar-refractivity contribution in [3.05, 3.63) is 105 Å². The second kappa shape index (κ2) is 5.95. The number of hydrogen-bond donors (Lipinski definition) is 0. The molecule has 2 aromatic heterocycles. The fourth-order valence-corrected chi connectivity index (χ4v) is 3.67. The van der Waals surface area contributed by atoms with E-state index in [1.807, 2.05) is 60.7 Å². The molecule has 0 fully saturated rings. The molecule has 4 heteroatoms. The molecule has 0 spiro atoms. The van der Waals surface area contributed by atoms with Gasteiger partial charge in [0.1, 0.15) is 0 Å². The summed E-state index contributed by atoms with van der Waals surface area (Å²) in [7, 11) is 0. The van der Waals surface area contributed by atoms with Gasteiger partial charge in [-0.2, -0.15) is 0 Å². The fourth-order valence-electron chi connectivity index (χ4n) is 3.67. The largest absolute Gasteiger partial charge is 0.421 e. The van der Waals surface area contributed by atoms with Crippen LogP contribution in [0.25, 0.3) is 32.6 Å². The molecule has 0 N–H and O–H groups in total. The van der Waals surface area contributed by atoms with Crippen molar-refractivity contribution in [2.75, 3.05) is 0 Å². The Morgan fingerprint density at radius 2 is 1.33 bits per heavy atom. The van der Waals surface area contributed by atoms with Crippen LogP contribution in [0.4, 0.5) is 0 Å². The molecule has 0 aliphatic heterocycles. The molecule has 130 valence electrons. The first-order valence-electron chi connectivity index (χ1n) is 8.75. The molecule has 5 aromatic rings. The predicted octanol–water partition coefficient (Wildman–Crippen LogP) is 4.31. The molecule has 2 heterocycles. The van der Waals surface area contributed by atoms with Gasteiger partial charge in [-0.3, -0.25) is 4.79 Å². The lowest BCUT2D eigenvalue weighted by atomic mass is 10.1. The summed E-state index contributed by atoms with van der Waals surface area (Å²) in [5.41, 5.74) is 1.54. The lowest BCUT2D eigenvalue weighted by Crippen LogP contribution is -2.22. The van der Waals surface area contributed by atoms with Crippen LogP contribution >= 0.6 is 0 Å². The Labute approximate surface area is 153 Å². The molecule has 0 amide bonds. The first kappa shape index (κ1) is 15.6. The smallest absolute Gasteiger partial charge is 0.344 e. The number of rotatable bonds is 2. The molecule has 0 aliphatic carbocycles. The van der Waals surface area contributed by atoms with Crippen molar-refractivity contribution in [3.63, 3.8) is 0 Å². The molecule has 0 bridgehead atoms. The van der Waals surface area contributed by atoms with Crippen LogP contribution in [-0.4, -0.2) is 4.57 Å². The number of hydrogen-bond acceptors (Lipinski definition) is 3. The summed E-state index contributed by atoms with van der Waals surface area (Å²) in [6.07, 6.45) is 0. The molecule has 0 atom stereocenters. The fraction of sp³-hybridized carbons (Fsp3) is 0.0435. The summed E-state index contributed by atoms with van der Waals surface area (Å²) < 4.78 is 7.35.